The molecule has 2 saturated heterocycles. The highest BCUT2D eigenvalue weighted by Gasteiger charge is 2.26. The number of hydrogen-bond acceptors (Lipinski definition) is 3. The number of rotatable bonds is 3. The van der Waals surface area contributed by atoms with E-state index in [1.165, 1.54) is 6.42 Å². The molecule has 2 aliphatic heterocycles. The predicted octanol–water partition coefficient (Wildman–Crippen LogP) is 0.492. The van der Waals surface area contributed by atoms with E-state index in [0.29, 0.717) is 11.8 Å². The van der Waals surface area contributed by atoms with Gasteiger partial charge in [-0.2, -0.15) is 0 Å². The summed E-state index contributed by atoms with van der Waals surface area (Å²) in [4.78, 5) is 18.9. The van der Waals surface area contributed by atoms with E-state index in [2.05, 4.69) is 28.7 Å². The Hall–Kier alpha value is -0.610. The molecule has 1 unspecified atom stereocenters. The molecular weight excluding hydrogens is 214 g/mol. The van der Waals surface area contributed by atoms with Crippen LogP contribution in [-0.4, -0.2) is 73.5 Å². The molecule has 17 heavy (non-hydrogen) atoms. The van der Waals surface area contributed by atoms with Crippen LogP contribution in [0.25, 0.3) is 0 Å². The fourth-order valence-electron chi connectivity index (χ4n) is 2.88. The van der Waals surface area contributed by atoms with Gasteiger partial charge in [-0.15, -0.1) is 0 Å². The summed E-state index contributed by atoms with van der Waals surface area (Å²) in [5, 5.41) is 0. The molecule has 4 nitrogen and oxygen atoms in total. The first-order valence-electron chi connectivity index (χ1n) is 6.87. The zero-order chi connectivity index (χ0) is 12.3. The summed E-state index contributed by atoms with van der Waals surface area (Å²) in [6, 6.07) is 0. The second-order valence-electron chi connectivity index (χ2n) is 5.44. The molecule has 2 heterocycles. The summed E-state index contributed by atoms with van der Waals surface area (Å²) in [5.41, 5.74) is 0. The van der Waals surface area contributed by atoms with E-state index >= 15 is 0 Å². The first kappa shape index (κ1) is 12.8. The predicted molar refractivity (Wildman–Crippen MR) is 68.9 cm³/mol. The monoisotopic (exact) mass is 239 g/mol. The van der Waals surface area contributed by atoms with Crippen LogP contribution in [0.4, 0.5) is 0 Å². The van der Waals surface area contributed by atoms with Crippen LogP contribution < -0.4 is 0 Å². The highest BCUT2D eigenvalue weighted by molar-refractivity contribution is 5.76. The third-order valence-electron chi connectivity index (χ3n) is 4.12. The van der Waals surface area contributed by atoms with Crippen molar-refractivity contribution < 1.29 is 4.79 Å². The second-order valence-corrected chi connectivity index (χ2v) is 5.44. The van der Waals surface area contributed by atoms with Crippen LogP contribution in [0.2, 0.25) is 0 Å². The minimum atomic E-state index is 0.376. The van der Waals surface area contributed by atoms with Gasteiger partial charge in [0, 0.05) is 39.1 Å². The molecule has 0 aliphatic carbocycles. The van der Waals surface area contributed by atoms with Gasteiger partial charge >= 0.3 is 0 Å². The topological polar surface area (TPSA) is 26.8 Å². The molecule has 2 fully saturated rings. The molecule has 98 valence electrons. The van der Waals surface area contributed by atoms with Crippen molar-refractivity contribution in [3.05, 3.63) is 0 Å². The van der Waals surface area contributed by atoms with E-state index in [-0.39, 0.29) is 0 Å². The molecule has 0 aromatic rings. The summed E-state index contributed by atoms with van der Waals surface area (Å²) < 4.78 is 0. The Balaban J connectivity index is 1.73. The highest BCUT2D eigenvalue weighted by atomic mass is 16.2. The van der Waals surface area contributed by atoms with Crippen molar-refractivity contribution in [1.29, 1.82) is 0 Å². The molecule has 0 saturated carbocycles. The van der Waals surface area contributed by atoms with Crippen molar-refractivity contribution in [1.82, 2.24) is 14.7 Å². The maximum atomic E-state index is 12.1. The third kappa shape index (κ3) is 3.42. The number of likely N-dealkylation sites (N-methyl/N-ethyl adjacent to an activating group) is 1. The minimum absolute atomic E-state index is 0.376. The molecule has 4 heteroatoms. The van der Waals surface area contributed by atoms with Crippen LogP contribution in [0.1, 0.15) is 19.8 Å². The Morgan fingerprint density at radius 1 is 1.18 bits per heavy atom. The molecule has 2 rings (SSSR count). The minimum Gasteiger partial charge on any atom is -0.340 e. The third-order valence-corrected chi connectivity index (χ3v) is 4.12. The molecule has 0 spiro atoms. The Kier molecular flexibility index (Phi) is 4.40. The quantitative estimate of drug-likeness (QED) is 0.717. The van der Waals surface area contributed by atoms with Crippen LogP contribution in [0, 0.1) is 5.92 Å². The van der Waals surface area contributed by atoms with E-state index in [9.17, 15) is 4.79 Å². The van der Waals surface area contributed by atoms with E-state index in [4.69, 9.17) is 0 Å². The maximum Gasteiger partial charge on any atom is 0.222 e. The summed E-state index contributed by atoms with van der Waals surface area (Å²) >= 11 is 0. The lowest BCUT2D eigenvalue weighted by atomic mass is 10.0. The lowest BCUT2D eigenvalue weighted by molar-refractivity contribution is -0.133. The van der Waals surface area contributed by atoms with Crippen molar-refractivity contribution in [2.45, 2.75) is 19.8 Å². The first-order chi connectivity index (χ1) is 8.19. The Morgan fingerprint density at radius 3 is 2.41 bits per heavy atom. The van der Waals surface area contributed by atoms with Gasteiger partial charge in [-0.25, -0.2) is 0 Å². The smallest absolute Gasteiger partial charge is 0.222 e. The fraction of sp³-hybridized carbons (Fsp3) is 0.923. The van der Waals surface area contributed by atoms with Gasteiger partial charge in [-0.1, -0.05) is 6.92 Å². The number of piperazine rings is 1. The number of nitrogens with zero attached hydrogens (tertiary/aromatic N) is 3. The Morgan fingerprint density at radius 2 is 1.88 bits per heavy atom. The standard InChI is InChI=1S/C13H25N3O/c1-3-15-6-8-16(9-7-15)13(17)10-12-4-5-14(2)11-12/h12H,3-11H2,1-2H3. The average Bonchev–Trinajstić information content (AvgIpc) is 2.75. The lowest BCUT2D eigenvalue weighted by Gasteiger charge is -2.34. The normalized spacial score (nSPS) is 27.6. The van der Waals surface area contributed by atoms with Crippen molar-refractivity contribution >= 4 is 5.91 Å². The number of amides is 1. The summed E-state index contributed by atoms with van der Waals surface area (Å²) in [5.74, 6) is 0.970. The summed E-state index contributed by atoms with van der Waals surface area (Å²) in [6.45, 7) is 9.49. The highest BCUT2D eigenvalue weighted by Crippen LogP contribution is 2.19. The van der Waals surface area contributed by atoms with Gasteiger partial charge in [-0.05, 0) is 32.5 Å². The number of hydrogen-bond donors (Lipinski definition) is 0. The van der Waals surface area contributed by atoms with Crippen LogP contribution in [-0.2, 0) is 4.79 Å². The van der Waals surface area contributed by atoms with Gasteiger partial charge in [0.05, 0.1) is 0 Å². The molecule has 1 atom stereocenters. The van der Waals surface area contributed by atoms with Crippen LogP contribution >= 0.6 is 0 Å². The maximum absolute atomic E-state index is 12.1. The largest absolute Gasteiger partial charge is 0.340 e. The molecule has 0 aromatic carbocycles. The number of likely N-dealkylation sites (tertiary alicyclic amines) is 1. The molecule has 0 aromatic heterocycles. The average molecular weight is 239 g/mol. The molecule has 0 radical (unpaired) electrons. The first-order valence-corrected chi connectivity index (χ1v) is 6.87. The van der Waals surface area contributed by atoms with Crippen LogP contribution in [0.5, 0.6) is 0 Å². The SMILES string of the molecule is CCN1CCN(C(=O)CC2CCN(C)C2)CC1. The van der Waals surface area contributed by atoms with Gasteiger partial charge < -0.3 is 14.7 Å². The fourth-order valence-corrected chi connectivity index (χ4v) is 2.88. The van der Waals surface area contributed by atoms with Crippen LogP contribution in [0.3, 0.4) is 0 Å². The van der Waals surface area contributed by atoms with Crippen molar-refractivity contribution in [3.8, 4) is 0 Å². The van der Waals surface area contributed by atoms with Gasteiger partial charge in [0.15, 0.2) is 0 Å². The van der Waals surface area contributed by atoms with Crippen molar-refractivity contribution in [3.63, 3.8) is 0 Å². The second kappa shape index (κ2) is 5.83. The molecular formula is C13H25N3O. The van der Waals surface area contributed by atoms with Gasteiger partial charge in [0.25, 0.3) is 0 Å². The number of carbonyl (C=O) groups excluding carboxylic acids is 1. The molecule has 1 amide bonds. The zero-order valence-corrected chi connectivity index (χ0v) is 11.2. The molecule has 2 aliphatic rings. The zero-order valence-electron chi connectivity index (χ0n) is 11.2. The lowest BCUT2D eigenvalue weighted by Crippen LogP contribution is -2.48. The van der Waals surface area contributed by atoms with Gasteiger partial charge in [0.1, 0.15) is 0 Å². The van der Waals surface area contributed by atoms with E-state index < -0.39 is 0 Å². The van der Waals surface area contributed by atoms with Crippen LogP contribution in [0.15, 0.2) is 0 Å². The Bertz CT molecular complexity index is 261. The van der Waals surface area contributed by atoms with E-state index in [1.54, 1.807) is 0 Å². The van der Waals surface area contributed by atoms with Crippen molar-refractivity contribution in [2.24, 2.45) is 5.92 Å². The number of carbonyl (C=O) groups is 1. The van der Waals surface area contributed by atoms with Gasteiger partial charge in [0.2, 0.25) is 5.91 Å². The molecule has 0 bridgehead atoms. The summed E-state index contributed by atoms with van der Waals surface area (Å²) in [6.07, 6.45) is 1.95. The van der Waals surface area contributed by atoms with Crippen molar-refractivity contribution in [2.75, 3.05) is 52.9 Å². The van der Waals surface area contributed by atoms with E-state index in [1.807, 2.05) is 0 Å². The summed E-state index contributed by atoms with van der Waals surface area (Å²) in [7, 11) is 2.14. The van der Waals surface area contributed by atoms with E-state index in [0.717, 1.165) is 52.2 Å². The van der Waals surface area contributed by atoms with Gasteiger partial charge in [-0.3, -0.25) is 4.79 Å². The Labute approximate surface area is 105 Å². The molecule has 0 N–H and O–H groups in total.